The number of rotatable bonds is 6. The third kappa shape index (κ3) is 4.49. The van der Waals surface area contributed by atoms with E-state index >= 15 is 0 Å². The molecular weight excluding hydrogens is 288 g/mol. The number of hydrogen-bond donors (Lipinski definition) is 2. The summed E-state index contributed by atoms with van der Waals surface area (Å²) in [5, 5.41) is 10.4. The fraction of sp³-hybridized carbons (Fsp3) is 0.357. The Bertz CT molecular complexity index is 597. The molecule has 112 valence electrons. The van der Waals surface area contributed by atoms with Gasteiger partial charge in [-0.2, -0.15) is 0 Å². The Morgan fingerprint density at radius 2 is 2.29 bits per heavy atom. The van der Waals surface area contributed by atoms with Gasteiger partial charge in [-0.1, -0.05) is 12.1 Å². The zero-order valence-corrected chi connectivity index (χ0v) is 13.0. The van der Waals surface area contributed by atoms with Gasteiger partial charge < -0.3 is 9.84 Å². The van der Waals surface area contributed by atoms with Gasteiger partial charge in [0.25, 0.3) is 0 Å². The number of aryl methyl sites for hydroxylation is 1. The van der Waals surface area contributed by atoms with Gasteiger partial charge in [0.15, 0.2) is 0 Å². The predicted molar refractivity (Wildman–Crippen MR) is 83.6 cm³/mol. The third-order valence-electron chi connectivity index (χ3n) is 2.68. The van der Waals surface area contributed by atoms with E-state index in [0.29, 0.717) is 5.88 Å². The van der Waals surface area contributed by atoms with Crippen LogP contribution in [0.5, 0.6) is 0 Å². The Morgan fingerprint density at radius 3 is 2.86 bits per heavy atom. The van der Waals surface area contributed by atoms with Crippen LogP contribution in [-0.4, -0.2) is 27.8 Å². The van der Waals surface area contributed by atoms with Gasteiger partial charge in [0.2, 0.25) is 11.8 Å². The average Bonchev–Trinajstić information content (AvgIpc) is 2.86. The van der Waals surface area contributed by atoms with Crippen molar-refractivity contribution in [2.24, 2.45) is 0 Å². The van der Waals surface area contributed by atoms with Gasteiger partial charge in [-0.25, -0.2) is 4.98 Å². The van der Waals surface area contributed by atoms with Crippen molar-refractivity contribution >= 4 is 29.2 Å². The molecule has 0 unspecified atom stereocenters. The molecule has 0 saturated heterocycles. The molecule has 0 saturated carbocycles. The number of carbonyl (C=O) groups excluding carboxylic acids is 1. The molecule has 2 N–H and O–H groups in total. The molecule has 0 fully saturated rings. The summed E-state index contributed by atoms with van der Waals surface area (Å²) in [6.07, 6.45) is 1.72. The van der Waals surface area contributed by atoms with E-state index in [1.807, 2.05) is 12.1 Å². The molecule has 0 aliphatic heterocycles. The average molecular weight is 306 g/mol. The number of pyridine rings is 1. The number of aromatic nitrogens is 2. The van der Waals surface area contributed by atoms with Gasteiger partial charge in [-0.05, 0) is 31.7 Å². The van der Waals surface area contributed by atoms with Crippen LogP contribution in [0, 0.1) is 6.92 Å². The van der Waals surface area contributed by atoms with Gasteiger partial charge >= 0.3 is 0 Å². The first-order chi connectivity index (χ1) is 10.1. The van der Waals surface area contributed by atoms with Crippen LogP contribution in [0.4, 0.5) is 11.6 Å². The Hall–Kier alpha value is -2.02. The minimum Gasteiger partial charge on any atom is -0.373 e. The number of hydrogen-bond acceptors (Lipinski definition) is 6. The highest BCUT2D eigenvalue weighted by atomic mass is 32.2. The highest BCUT2D eigenvalue weighted by molar-refractivity contribution is 7.99. The highest BCUT2D eigenvalue weighted by Crippen LogP contribution is 2.17. The van der Waals surface area contributed by atoms with Crippen molar-refractivity contribution in [2.45, 2.75) is 31.8 Å². The smallest absolute Gasteiger partial charge is 0.248 e. The summed E-state index contributed by atoms with van der Waals surface area (Å²) in [7, 11) is 0. The molecule has 1 atom stereocenters. The minimum atomic E-state index is -0.415. The van der Waals surface area contributed by atoms with E-state index in [-0.39, 0.29) is 5.91 Å². The fourth-order valence-electron chi connectivity index (χ4n) is 1.67. The number of carbonyl (C=O) groups is 1. The lowest BCUT2D eigenvalue weighted by Crippen LogP contribution is -2.31. The van der Waals surface area contributed by atoms with Gasteiger partial charge in [-0.3, -0.25) is 10.1 Å². The first-order valence-corrected chi connectivity index (χ1v) is 7.66. The largest absolute Gasteiger partial charge is 0.373 e. The summed E-state index contributed by atoms with van der Waals surface area (Å²) in [5.41, 5.74) is 1.52. The van der Waals surface area contributed by atoms with Crippen molar-refractivity contribution < 1.29 is 9.32 Å². The number of nitrogens with zero attached hydrogens (tertiary/aromatic N) is 2. The van der Waals surface area contributed by atoms with E-state index < -0.39 is 6.04 Å². The SMILES string of the molecule is CCSc1ccc(N[C@@H](C)C(=O)Nc2cc(C)no2)cn1. The number of amides is 1. The van der Waals surface area contributed by atoms with Crippen LogP contribution >= 0.6 is 11.8 Å². The predicted octanol–water partition coefficient (Wildman–Crippen LogP) is 2.93. The minimum absolute atomic E-state index is 0.196. The van der Waals surface area contributed by atoms with Gasteiger partial charge in [0.05, 0.1) is 22.6 Å². The molecular formula is C14H18N4O2S. The Labute approximate surface area is 127 Å². The molecule has 0 aromatic carbocycles. The topological polar surface area (TPSA) is 80.0 Å². The Morgan fingerprint density at radius 1 is 1.48 bits per heavy atom. The van der Waals surface area contributed by atoms with E-state index in [1.165, 1.54) is 0 Å². The van der Waals surface area contributed by atoms with E-state index in [2.05, 4.69) is 27.7 Å². The maximum Gasteiger partial charge on any atom is 0.248 e. The Balaban J connectivity index is 1.90. The third-order valence-corrected chi connectivity index (χ3v) is 3.51. The molecule has 1 amide bonds. The zero-order valence-electron chi connectivity index (χ0n) is 12.2. The van der Waals surface area contributed by atoms with Crippen LogP contribution in [0.1, 0.15) is 19.5 Å². The van der Waals surface area contributed by atoms with Crippen molar-refractivity contribution in [1.82, 2.24) is 10.1 Å². The van der Waals surface area contributed by atoms with E-state index in [4.69, 9.17) is 4.52 Å². The second kappa shape index (κ2) is 7.12. The van der Waals surface area contributed by atoms with E-state index in [9.17, 15) is 4.79 Å². The lowest BCUT2D eigenvalue weighted by atomic mass is 10.3. The monoisotopic (exact) mass is 306 g/mol. The lowest BCUT2D eigenvalue weighted by Gasteiger charge is -2.13. The van der Waals surface area contributed by atoms with E-state index in [0.717, 1.165) is 22.2 Å². The second-order valence-corrected chi connectivity index (χ2v) is 5.79. The van der Waals surface area contributed by atoms with Gasteiger partial charge in [0, 0.05) is 6.07 Å². The summed E-state index contributed by atoms with van der Waals surface area (Å²) < 4.78 is 4.95. The molecule has 0 radical (unpaired) electrons. The quantitative estimate of drug-likeness (QED) is 0.799. The second-order valence-electron chi connectivity index (χ2n) is 4.51. The summed E-state index contributed by atoms with van der Waals surface area (Å²) in [5.74, 6) is 1.13. The van der Waals surface area contributed by atoms with Crippen LogP contribution in [0.3, 0.4) is 0 Å². The number of anilines is 2. The molecule has 2 aromatic heterocycles. The molecule has 0 aliphatic rings. The standard InChI is InChI=1S/C14H18N4O2S/c1-4-21-13-6-5-11(8-15-13)16-10(3)14(19)17-12-7-9(2)18-20-12/h5-8,10,16H,4H2,1-3H3,(H,17,19)/t10-/m0/s1. The molecule has 21 heavy (non-hydrogen) atoms. The first-order valence-electron chi connectivity index (χ1n) is 6.68. The maximum absolute atomic E-state index is 12.0. The molecule has 0 bridgehead atoms. The van der Waals surface area contributed by atoms with Crippen molar-refractivity contribution in [2.75, 3.05) is 16.4 Å². The van der Waals surface area contributed by atoms with Crippen LogP contribution in [0.15, 0.2) is 33.9 Å². The molecule has 2 rings (SSSR count). The van der Waals surface area contributed by atoms with Crippen molar-refractivity contribution in [3.8, 4) is 0 Å². The molecule has 6 nitrogen and oxygen atoms in total. The first kappa shape index (κ1) is 15.4. The van der Waals surface area contributed by atoms with Crippen molar-refractivity contribution in [3.05, 3.63) is 30.1 Å². The van der Waals surface area contributed by atoms with Crippen molar-refractivity contribution in [3.63, 3.8) is 0 Å². The molecule has 0 spiro atoms. The fourth-order valence-corrected chi connectivity index (χ4v) is 2.25. The van der Waals surface area contributed by atoms with Crippen LogP contribution in [0.2, 0.25) is 0 Å². The summed E-state index contributed by atoms with van der Waals surface area (Å²) in [6, 6.07) is 5.10. The molecule has 2 aromatic rings. The number of thioether (sulfide) groups is 1. The maximum atomic E-state index is 12.0. The summed E-state index contributed by atoms with van der Waals surface area (Å²) in [6.45, 7) is 5.64. The van der Waals surface area contributed by atoms with Crippen LogP contribution < -0.4 is 10.6 Å². The van der Waals surface area contributed by atoms with Gasteiger partial charge in [-0.15, -0.1) is 11.8 Å². The zero-order chi connectivity index (χ0) is 15.2. The molecule has 0 aliphatic carbocycles. The highest BCUT2D eigenvalue weighted by Gasteiger charge is 2.14. The van der Waals surface area contributed by atoms with Gasteiger partial charge in [0.1, 0.15) is 6.04 Å². The Kier molecular flexibility index (Phi) is 5.21. The van der Waals surface area contributed by atoms with Crippen LogP contribution in [0.25, 0.3) is 0 Å². The number of nitrogens with one attached hydrogen (secondary N) is 2. The molecule has 7 heteroatoms. The summed E-state index contributed by atoms with van der Waals surface area (Å²) >= 11 is 1.68. The van der Waals surface area contributed by atoms with E-state index in [1.54, 1.807) is 37.9 Å². The lowest BCUT2D eigenvalue weighted by molar-refractivity contribution is -0.116. The molecule has 2 heterocycles. The van der Waals surface area contributed by atoms with Crippen LogP contribution in [-0.2, 0) is 4.79 Å². The summed E-state index contributed by atoms with van der Waals surface area (Å²) in [4.78, 5) is 16.3. The van der Waals surface area contributed by atoms with Crippen molar-refractivity contribution in [1.29, 1.82) is 0 Å². The normalized spacial score (nSPS) is 12.0.